The second kappa shape index (κ2) is 6.18. The normalized spacial score (nSPS) is 25.9. The van der Waals surface area contributed by atoms with Crippen molar-refractivity contribution >= 4 is 5.91 Å². The molecular formula is C16H27N3O2. The molecule has 1 aliphatic rings. The second-order valence-electron chi connectivity index (χ2n) is 6.63. The minimum absolute atomic E-state index is 0.0405. The summed E-state index contributed by atoms with van der Waals surface area (Å²) in [6, 6.07) is 0. The van der Waals surface area contributed by atoms with Gasteiger partial charge in [0.1, 0.15) is 0 Å². The minimum Gasteiger partial charge on any atom is -0.388 e. The fourth-order valence-electron chi connectivity index (χ4n) is 3.04. The van der Waals surface area contributed by atoms with Crippen molar-refractivity contribution in [2.24, 2.45) is 13.0 Å². The molecule has 21 heavy (non-hydrogen) atoms. The van der Waals surface area contributed by atoms with Gasteiger partial charge in [-0.2, -0.15) is 5.10 Å². The summed E-state index contributed by atoms with van der Waals surface area (Å²) in [6.45, 7) is 6.47. The zero-order chi connectivity index (χ0) is 15.6. The molecule has 0 atom stereocenters. The van der Waals surface area contributed by atoms with Gasteiger partial charge in [-0.3, -0.25) is 9.48 Å². The standard InChI is InChI=1S/C16H27N3O2/c1-11-5-7-16(21,8-6-11)10-17-15(20)9-14-12(2)18-19(4)13(14)3/h11,21H,5-10H2,1-4H3,(H,17,20). The van der Waals surface area contributed by atoms with Gasteiger partial charge in [0.05, 0.1) is 17.7 Å². The monoisotopic (exact) mass is 293 g/mol. The van der Waals surface area contributed by atoms with Crippen molar-refractivity contribution in [2.45, 2.75) is 58.5 Å². The first-order valence-electron chi connectivity index (χ1n) is 7.79. The Morgan fingerprint density at radius 3 is 2.57 bits per heavy atom. The van der Waals surface area contributed by atoms with Crippen molar-refractivity contribution in [3.05, 3.63) is 17.0 Å². The van der Waals surface area contributed by atoms with E-state index in [1.54, 1.807) is 4.68 Å². The molecule has 2 rings (SSSR count). The zero-order valence-corrected chi connectivity index (χ0v) is 13.6. The summed E-state index contributed by atoms with van der Waals surface area (Å²) >= 11 is 0. The summed E-state index contributed by atoms with van der Waals surface area (Å²) < 4.78 is 1.80. The summed E-state index contributed by atoms with van der Waals surface area (Å²) in [7, 11) is 1.88. The zero-order valence-electron chi connectivity index (χ0n) is 13.6. The summed E-state index contributed by atoms with van der Waals surface area (Å²) in [5, 5.41) is 17.7. The lowest BCUT2D eigenvalue weighted by molar-refractivity contribution is -0.122. The van der Waals surface area contributed by atoms with Gasteiger partial charge < -0.3 is 10.4 Å². The first-order valence-corrected chi connectivity index (χ1v) is 7.79. The number of nitrogens with zero attached hydrogens (tertiary/aromatic N) is 2. The maximum atomic E-state index is 12.1. The number of carbonyl (C=O) groups excluding carboxylic acids is 1. The lowest BCUT2D eigenvalue weighted by Crippen LogP contribution is -2.45. The molecule has 1 heterocycles. The molecule has 1 aromatic rings. The van der Waals surface area contributed by atoms with Crippen LogP contribution in [0.5, 0.6) is 0 Å². The molecule has 5 nitrogen and oxygen atoms in total. The maximum Gasteiger partial charge on any atom is 0.224 e. The SMILES string of the molecule is Cc1nn(C)c(C)c1CC(=O)NCC1(O)CCC(C)CC1. The van der Waals surface area contributed by atoms with E-state index in [2.05, 4.69) is 17.3 Å². The van der Waals surface area contributed by atoms with E-state index in [4.69, 9.17) is 0 Å². The van der Waals surface area contributed by atoms with Crippen molar-refractivity contribution in [3.8, 4) is 0 Å². The van der Waals surface area contributed by atoms with Gasteiger partial charge in [0.15, 0.2) is 0 Å². The highest BCUT2D eigenvalue weighted by atomic mass is 16.3. The third-order valence-corrected chi connectivity index (χ3v) is 4.82. The van der Waals surface area contributed by atoms with E-state index >= 15 is 0 Å². The van der Waals surface area contributed by atoms with Crippen LogP contribution >= 0.6 is 0 Å². The molecule has 0 bridgehead atoms. The number of aromatic nitrogens is 2. The first-order chi connectivity index (χ1) is 9.81. The predicted molar refractivity (Wildman–Crippen MR) is 82.0 cm³/mol. The van der Waals surface area contributed by atoms with E-state index in [0.29, 0.717) is 18.9 Å². The molecule has 2 N–H and O–H groups in total. The number of nitrogens with one attached hydrogen (secondary N) is 1. The van der Waals surface area contributed by atoms with E-state index in [-0.39, 0.29) is 5.91 Å². The number of aryl methyl sites for hydroxylation is 2. The van der Waals surface area contributed by atoms with Gasteiger partial charge in [0.25, 0.3) is 0 Å². The Hall–Kier alpha value is -1.36. The fraction of sp³-hybridized carbons (Fsp3) is 0.750. The van der Waals surface area contributed by atoms with Crippen LogP contribution in [0.3, 0.4) is 0 Å². The number of amides is 1. The second-order valence-corrected chi connectivity index (χ2v) is 6.63. The Labute approximate surface area is 126 Å². The van der Waals surface area contributed by atoms with E-state index in [1.807, 2.05) is 20.9 Å². The molecule has 0 saturated heterocycles. The smallest absolute Gasteiger partial charge is 0.224 e. The highest BCUT2D eigenvalue weighted by Crippen LogP contribution is 2.31. The molecule has 0 unspecified atom stereocenters. The van der Waals surface area contributed by atoms with Crippen LogP contribution in [-0.2, 0) is 18.3 Å². The van der Waals surface area contributed by atoms with Gasteiger partial charge in [-0.1, -0.05) is 6.92 Å². The van der Waals surface area contributed by atoms with E-state index in [0.717, 1.165) is 42.6 Å². The van der Waals surface area contributed by atoms with Crippen molar-refractivity contribution in [1.82, 2.24) is 15.1 Å². The van der Waals surface area contributed by atoms with Crippen LogP contribution in [-0.4, -0.2) is 32.9 Å². The van der Waals surface area contributed by atoms with Gasteiger partial charge in [0.2, 0.25) is 5.91 Å². The van der Waals surface area contributed by atoms with E-state index in [1.165, 1.54) is 0 Å². The number of rotatable bonds is 4. The van der Waals surface area contributed by atoms with Crippen LogP contribution in [0.4, 0.5) is 0 Å². The van der Waals surface area contributed by atoms with Gasteiger partial charge in [-0.25, -0.2) is 0 Å². The molecule has 118 valence electrons. The lowest BCUT2D eigenvalue weighted by atomic mass is 9.79. The topological polar surface area (TPSA) is 67.2 Å². The van der Waals surface area contributed by atoms with Crippen LogP contribution in [0, 0.1) is 19.8 Å². The van der Waals surface area contributed by atoms with Crippen LogP contribution in [0.15, 0.2) is 0 Å². The molecule has 0 aliphatic heterocycles. The van der Waals surface area contributed by atoms with Gasteiger partial charge in [-0.15, -0.1) is 0 Å². The van der Waals surface area contributed by atoms with Gasteiger partial charge >= 0.3 is 0 Å². The predicted octanol–water partition coefficient (Wildman–Crippen LogP) is 1.64. The van der Waals surface area contributed by atoms with Gasteiger partial charge in [0, 0.05) is 24.8 Å². The quantitative estimate of drug-likeness (QED) is 0.887. The first kappa shape index (κ1) is 16.0. The molecule has 0 aromatic carbocycles. The molecule has 5 heteroatoms. The highest BCUT2D eigenvalue weighted by Gasteiger charge is 2.32. The van der Waals surface area contributed by atoms with Crippen molar-refractivity contribution in [2.75, 3.05) is 6.54 Å². The van der Waals surface area contributed by atoms with Crippen molar-refractivity contribution in [3.63, 3.8) is 0 Å². The summed E-state index contributed by atoms with van der Waals surface area (Å²) in [5.41, 5.74) is 2.18. The fourth-order valence-corrected chi connectivity index (χ4v) is 3.04. The molecule has 0 spiro atoms. The average Bonchev–Trinajstić information content (AvgIpc) is 2.67. The number of hydrogen-bond acceptors (Lipinski definition) is 3. The number of hydrogen-bond donors (Lipinski definition) is 2. The molecule has 1 amide bonds. The minimum atomic E-state index is -0.721. The highest BCUT2D eigenvalue weighted by molar-refractivity contribution is 5.79. The van der Waals surface area contributed by atoms with E-state index < -0.39 is 5.60 Å². The Bertz CT molecular complexity index is 514. The molecule has 1 fully saturated rings. The summed E-state index contributed by atoms with van der Waals surface area (Å²) in [6.07, 6.45) is 3.96. The van der Waals surface area contributed by atoms with Gasteiger partial charge in [-0.05, 0) is 45.4 Å². The third-order valence-electron chi connectivity index (χ3n) is 4.82. The number of aliphatic hydroxyl groups is 1. The van der Waals surface area contributed by atoms with Crippen molar-refractivity contribution in [1.29, 1.82) is 0 Å². The molecule has 0 radical (unpaired) electrons. The lowest BCUT2D eigenvalue weighted by Gasteiger charge is -2.34. The van der Waals surface area contributed by atoms with Crippen LogP contribution in [0.2, 0.25) is 0 Å². The Morgan fingerprint density at radius 2 is 2.05 bits per heavy atom. The molecule has 1 aliphatic carbocycles. The maximum absolute atomic E-state index is 12.1. The Morgan fingerprint density at radius 1 is 1.43 bits per heavy atom. The third kappa shape index (κ3) is 3.84. The Balaban J connectivity index is 1.88. The Kier molecular flexibility index (Phi) is 4.71. The molecule has 1 aromatic heterocycles. The van der Waals surface area contributed by atoms with Crippen LogP contribution in [0.1, 0.15) is 49.6 Å². The van der Waals surface area contributed by atoms with Crippen molar-refractivity contribution < 1.29 is 9.90 Å². The van der Waals surface area contributed by atoms with Crippen LogP contribution < -0.4 is 5.32 Å². The molecule has 1 saturated carbocycles. The van der Waals surface area contributed by atoms with Crippen LogP contribution in [0.25, 0.3) is 0 Å². The summed E-state index contributed by atoms with van der Waals surface area (Å²) in [4.78, 5) is 12.1. The largest absolute Gasteiger partial charge is 0.388 e. The summed E-state index contributed by atoms with van der Waals surface area (Å²) in [5.74, 6) is 0.642. The van der Waals surface area contributed by atoms with E-state index in [9.17, 15) is 9.90 Å². The number of carbonyl (C=O) groups is 1. The molecular weight excluding hydrogens is 266 g/mol. The average molecular weight is 293 g/mol.